The van der Waals surface area contributed by atoms with Crippen LogP contribution in [0.5, 0.6) is 0 Å². The van der Waals surface area contributed by atoms with Gasteiger partial charge in [0.2, 0.25) is 15.8 Å². The number of aliphatic hydroxyl groups excluding tert-OH is 1. The highest BCUT2D eigenvalue weighted by molar-refractivity contribution is 7.98. The Bertz CT molecular complexity index is 1680. The molecule has 0 spiro atoms. The third kappa shape index (κ3) is 4.75. The maximum atomic E-state index is 12.8. The van der Waals surface area contributed by atoms with E-state index in [1.807, 2.05) is 30.1 Å². The molecule has 3 aliphatic heterocycles. The number of ether oxygens (including phenoxy) is 1. The first-order valence-corrected chi connectivity index (χ1v) is 15.8. The summed E-state index contributed by atoms with van der Waals surface area (Å²) in [6, 6.07) is 5.50. The van der Waals surface area contributed by atoms with Gasteiger partial charge in [0.25, 0.3) is 12.0 Å². The van der Waals surface area contributed by atoms with Gasteiger partial charge in [-0.05, 0) is 30.9 Å². The van der Waals surface area contributed by atoms with Crippen molar-refractivity contribution in [2.45, 2.75) is 50.1 Å². The largest absolute Gasteiger partial charge is 0.477 e. The Labute approximate surface area is 254 Å². The number of carbonyl (C=O) groups excluding carboxylic acids is 2. The molecule has 0 radical (unpaired) electrons. The molecule has 0 bridgehead atoms. The number of fused-ring (bicyclic) bond motifs is 2. The highest BCUT2D eigenvalue weighted by Gasteiger charge is 2.60. The van der Waals surface area contributed by atoms with Crippen LogP contribution in [0.4, 0.5) is 10.5 Å². The van der Waals surface area contributed by atoms with Crippen LogP contribution in [0.2, 0.25) is 0 Å². The van der Waals surface area contributed by atoms with E-state index in [0.29, 0.717) is 24.2 Å². The fraction of sp³-hybridized carbons (Fsp3) is 0.429. The lowest BCUT2D eigenvalue weighted by atomic mass is 9.77. The summed E-state index contributed by atoms with van der Waals surface area (Å²) in [5.41, 5.74) is 1.22. The van der Waals surface area contributed by atoms with Gasteiger partial charge in [0.15, 0.2) is 0 Å². The predicted molar refractivity (Wildman–Crippen MR) is 155 cm³/mol. The molecular formula is C28H30N5O8S2+. The number of hydrogen-bond donors (Lipinski definition) is 2. The topological polar surface area (TPSA) is 159 Å². The van der Waals surface area contributed by atoms with E-state index in [0.717, 1.165) is 21.2 Å². The second-order valence-corrected chi connectivity index (χ2v) is 12.9. The van der Waals surface area contributed by atoms with Crippen molar-refractivity contribution < 1.29 is 38.8 Å². The first-order chi connectivity index (χ1) is 20.5. The second kappa shape index (κ2) is 11.0. The fourth-order valence-corrected chi connectivity index (χ4v) is 8.69. The number of non-ortho nitro benzene ring substituents is 1. The minimum absolute atomic E-state index is 0.00972. The van der Waals surface area contributed by atoms with Crippen LogP contribution in [0, 0.1) is 22.0 Å². The Morgan fingerprint density at radius 3 is 2.65 bits per heavy atom. The summed E-state index contributed by atoms with van der Waals surface area (Å²) < 4.78 is 9.56. The van der Waals surface area contributed by atoms with Crippen LogP contribution >= 0.6 is 23.1 Å². The lowest BCUT2D eigenvalue weighted by Gasteiger charge is -2.46. The van der Waals surface area contributed by atoms with E-state index in [-0.39, 0.29) is 41.9 Å². The van der Waals surface area contributed by atoms with Crippen LogP contribution in [0.1, 0.15) is 36.8 Å². The number of aliphatic carboxylic acids is 1. The number of aliphatic hydroxyl groups is 1. The number of hydrogen-bond acceptors (Lipinski definition) is 9. The van der Waals surface area contributed by atoms with Gasteiger partial charge in [-0.25, -0.2) is 14.2 Å². The number of benzene rings is 1. The van der Waals surface area contributed by atoms with Crippen molar-refractivity contribution in [3.8, 4) is 0 Å². The third-order valence-corrected chi connectivity index (χ3v) is 10.6. The highest BCUT2D eigenvalue weighted by Crippen LogP contribution is 2.51. The highest BCUT2D eigenvalue weighted by atomic mass is 32.2. The summed E-state index contributed by atoms with van der Waals surface area (Å²) >= 11 is 3.02. The third-order valence-electron chi connectivity index (χ3n) is 8.52. The summed E-state index contributed by atoms with van der Waals surface area (Å²) in [6.07, 6.45) is 5.22. The molecule has 2 N–H and O–H groups in total. The van der Waals surface area contributed by atoms with Crippen molar-refractivity contribution in [1.82, 2.24) is 14.2 Å². The molecule has 6 rings (SSSR count). The van der Waals surface area contributed by atoms with Gasteiger partial charge in [-0.2, -0.15) is 4.40 Å². The maximum absolute atomic E-state index is 12.8. The fourth-order valence-electron chi connectivity index (χ4n) is 6.46. The Morgan fingerprint density at radius 1 is 1.30 bits per heavy atom. The zero-order valence-corrected chi connectivity index (χ0v) is 25.2. The number of aromatic nitrogens is 2. The van der Waals surface area contributed by atoms with Gasteiger partial charge in [0, 0.05) is 36.6 Å². The van der Waals surface area contributed by atoms with Gasteiger partial charge in [-0.15, -0.1) is 0 Å². The van der Waals surface area contributed by atoms with Crippen molar-refractivity contribution in [2.75, 3.05) is 19.3 Å². The lowest BCUT2D eigenvalue weighted by molar-refractivity contribution is -0.751. The molecule has 5 heterocycles. The minimum atomic E-state index is -1.16. The molecule has 1 unspecified atom stereocenters. The number of nitrogens with zero attached hydrogens (tertiary/aromatic N) is 5. The van der Waals surface area contributed by atoms with E-state index in [1.165, 1.54) is 28.4 Å². The van der Waals surface area contributed by atoms with Crippen LogP contribution in [-0.4, -0.2) is 78.8 Å². The van der Waals surface area contributed by atoms with Gasteiger partial charge in [-0.3, -0.25) is 14.9 Å². The molecule has 13 nitrogen and oxygen atoms in total. The van der Waals surface area contributed by atoms with E-state index >= 15 is 0 Å². The minimum Gasteiger partial charge on any atom is -0.477 e. The Morgan fingerprint density at radius 2 is 2.02 bits per heavy atom. The first-order valence-electron chi connectivity index (χ1n) is 13.7. The lowest BCUT2D eigenvalue weighted by Crippen LogP contribution is -2.63. The number of β-lactam (4-membered cyclic amide) rings is 1. The number of rotatable bonds is 8. The van der Waals surface area contributed by atoms with Crippen molar-refractivity contribution in [1.29, 1.82) is 0 Å². The maximum Gasteiger partial charge on any atom is 0.410 e. The summed E-state index contributed by atoms with van der Waals surface area (Å²) in [5.74, 6) is -2.39. The number of nitro benzene ring substituents is 1. The van der Waals surface area contributed by atoms with Gasteiger partial charge >= 0.3 is 12.1 Å². The van der Waals surface area contributed by atoms with E-state index < -0.39 is 29.0 Å². The van der Waals surface area contributed by atoms with Crippen molar-refractivity contribution in [3.05, 3.63) is 63.0 Å². The van der Waals surface area contributed by atoms with E-state index in [4.69, 9.17) is 4.74 Å². The molecule has 2 fully saturated rings. The van der Waals surface area contributed by atoms with E-state index in [1.54, 1.807) is 35.7 Å². The number of carboxylic acid groups (broad SMARTS) is 1. The smallest absolute Gasteiger partial charge is 0.410 e. The number of imidazole rings is 1. The average Bonchev–Trinajstić information content (AvgIpc) is 3.72. The Balaban J connectivity index is 1.19. The molecule has 3 aromatic rings. The monoisotopic (exact) mass is 628 g/mol. The van der Waals surface area contributed by atoms with Crippen molar-refractivity contribution in [2.24, 2.45) is 11.8 Å². The Kier molecular flexibility index (Phi) is 7.42. The molecule has 2 aromatic heterocycles. The summed E-state index contributed by atoms with van der Waals surface area (Å²) in [7, 11) is 0. The number of carbonyl (C=O) groups is 3. The van der Waals surface area contributed by atoms with Crippen LogP contribution in [0.25, 0.3) is 10.4 Å². The van der Waals surface area contributed by atoms with Gasteiger partial charge in [0.1, 0.15) is 24.5 Å². The normalized spacial score (nSPS) is 24.0. The summed E-state index contributed by atoms with van der Waals surface area (Å²) in [5, 5.41) is 32.0. The molecule has 226 valence electrons. The predicted octanol–water partition coefficient (Wildman–Crippen LogP) is 3.16. The van der Waals surface area contributed by atoms with E-state index in [9.17, 15) is 34.7 Å². The number of nitro groups is 1. The molecule has 5 atom stereocenters. The van der Waals surface area contributed by atoms with E-state index in [2.05, 4.69) is 4.57 Å². The summed E-state index contributed by atoms with van der Waals surface area (Å²) in [4.78, 5) is 52.9. The molecule has 15 heteroatoms. The second-order valence-electron chi connectivity index (χ2n) is 11.0. The van der Waals surface area contributed by atoms with Gasteiger partial charge in [-0.1, -0.05) is 30.0 Å². The Hall–Kier alpha value is -3.95. The molecule has 1 aromatic carbocycles. The molecule has 2 saturated heterocycles. The van der Waals surface area contributed by atoms with Gasteiger partial charge in [0.05, 0.1) is 34.4 Å². The molecular weight excluding hydrogens is 598 g/mol. The van der Waals surface area contributed by atoms with Crippen LogP contribution < -0.4 is 4.57 Å². The summed E-state index contributed by atoms with van der Waals surface area (Å²) in [6.45, 7) is 4.45. The van der Waals surface area contributed by atoms with Crippen LogP contribution in [0.3, 0.4) is 0 Å². The standard InChI is InChI=1S/C28H29N5O8S2/c1-14-20(23(27(36)37)32-22(14)21(15(2)34)24(32)35)19-11-30-13-31(26(42-3)25(30)43-19)18-8-9-29(10-18)28(38)41-12-16-4-6-17(7-5-16)33(39)40/h4-7,11,13-15,18,21-22,34H,8-10,12H2,1-3H3/p+1/t14-,15+,18?,21+,22+/m0/s1. The number of thiazole rings is 1. The first kappa shape index (κ1) is 29.1. The average molecular weight is 629 g/mol. The SMILES string of the molecule is CSc1c2sc(C3=C(C(=O)O)N4C(=O)[C@H]([C@@H](C)O)[C@H]4[C@H]3C)cn2c[n+]1C1CCN(C(=O)OCc2ccc([N+](=O)[O-])cc2)C1. The zero-order valence-electron chi connectivity index (χ0n) is 23.6. The molecule has 0 saturated carbocycles. The zero-order chi connectivity index (χ0) is 30.7. The molecule has 0 aliphatic carbocycles. The molecule has 43 heavy (non-hydrogen) atoms. The van der Waals surface area contributed by atoms with Crippen molar-refractivity contribution >= 4 is 57.2 Å². The number of likely N-dealkylation sites (tertiary alicyclic amines) is 1. The van der Waals surface area contributed by atoms with Crippen LogP contribution in [-0.2, 0) is 20.9 Å². The number of amides is 2. The number of carboxylic acids is 1. The quantitative estimate of drug-likeness (QED) is 0.126. The van der Waals surface area contributed by atoms with Gasteiger partial charge < -0.3 is 24.7 Å². The molecule has 3 aliphatic rings. The van der Waals surface area contributed by atoms with Crippen LogP contribution in [0.15, 0.2) is 47.5 Å². The molecule has 2 amide bonds. The van der Waals surface area contributed by atoms with Crippen molar-refractivity contribution in [3.63, 3.8) is 0 Å². The number of thioether (sulfide) groups is 1.